The first kappa shape index (κ1) is 10.6. The second kappa shape index (κ2) is 4.28. The third kappa shape index (κ3) is 2.18. The Kier molecular flexibility index (Phi) is 2.66. The molecule has 2 aromatic heterocycles. The highest BCUT2D eigenvalue weighted by atomic mass is 16.2. The molecule has 0 radical (unpaired) electrons. The van der Waals surface area contributed by atoms with E-state index in [0.29, 0.717) is 0 Å². The normalized spacial score (nSPS) is 9.59. The summed E-state index contributed by atoms with van der Waals surface area (Å²) in [6.45, 7) is 0. The van der Waals surface area contributed by atoms with Gasteiger partial charge in [-0.2, -0.15) is 15.5 Å². The molecule has 0 spiro atoms. The minimum absolute atomic E-state index is 0.0306. The topological polar surface area (TPSA) is 127 Å². The van der Waals surface area contributed by atoms with Crippen molar-refractivity contribution in [2.75, 3.05) is 5.32 Å². The lowest BCUT2D eigenvalue weighted by atomic mass is 10.3. The van der Waals surface area contributed by atoms with Gasteiger partial charge in [0.15, 0.2) is 0 Å². The summed E-state index contributed by atoms with van der Waals surface area (Å²) in [4.78, 5) is 22.4. The molecular formula is C9H6N6O2. The molecular weight excluding hydrogens is 224 g/mol. The summed E-state index contributed by atoms with van der Waals surface area (Å²) in [6, 6.07) is 4.31. The van der Waals surface area contributed by atoms with Crippen LogP contribution >= 0.6 is 0 Å². The first-order valence-corrected chi connectivity index (χ1v) is 4.51. The van der Waals surface area contributed by atoms with Gasteiger partial charge in [-0.1, -0.05) is 0 Å². The molecule has 0 unspecified atom stereocenters. The maximum atomic E-state index is 11.6. The lowest BCUT2D eigenvalue weighted by Gasteiger charge is -2.00. The average Bonchev–Trinajstić information content (AvgIpc) is 2.77. The van der Waals surface area contributed by atoms with Gasteiger partial charge in [-0.05, 0) is 6.07 Å². The van der Waals surface area contributed by atoms with Gasteiger partial charge in [0.1, 0.15) is 23.1 Å². The molecule has 2 rings (SSSR count). The summed E-state index contributed by atoms with van der Waals surface area (Å²) in [7, 11) is 0. The third-order valence-corrected chi connectivity index (χ3v) is 1.91. The largest absolute Gasteiger partial charge is 0.304 e. The number of aromatic nitrogens is 4. The van der Waals surface area contributed by atoms with Crippen molar-refractivity contribution in [2.45, 2.75) is 0 Å². The molecule has 0 saturated carbocycles. The minimum Gasteiger partial charge on any atom is -0.304 e. The van der Waals surface area contributed by atoms with Gasteiger partial charge in [0.25, 0.3) is 11.5 Å². The number of hydrogen-bond donors (Lipinski definition) is 3. The number of H-pyrrole nitrogens is 2. The zero-order valence-corrected chi connectivity index (χ0v) is 8.39. The van der Waals surface area contributed by atoms with E-state index in [1.165, 1.54) is 18.3 Å². The van der Waals surface area contributed by atoms with Gasteiger partial charge in [0.2, 0.25) is 0 Å². The lowest BCUT2D eigenvalue weighted by Crippen LogP contribution is -2.18. The predicted molar refractivity (Wildman–Crippen MR) is 56.1 cm³/mol. The molecule has 3 N–H and O–H groups in total. The summed E-state index contributed by atoms with van der Waals surface area (Å²) >= 11 is 0. The second-order valence-electron chi connectivity index (χ2n) is 3.03. The smallest absolute Gasteiger partial charge is 0.277 e. The standard InChI is InChI=1S/C9H6N6O2/c10-3-5-4-11-15-8(5)12-9(17)6-1-2-7(16)14-13-6/h1-2,4H,(H,14,16)(H2,11,12,15,17). The van der Waals surface area contributed by atoms with E-state index in [0.717, 1.165) is 0 Å². The summed E-state index contributed by atoms with van der Waals surface area (Å²) in [5.41, 5.74) is -0.160. The molecule has 84 valence electrons. The number of nitrogens with one attached hydrogen (secondary N) is 3. The van der Waals surface area contributed by atoms with E-state index in [4.69, 9.17) is 5.26 Å². The highest BCUT2D eigenvalue weighted by Gasteiger charge is 2.11. The Morgan fingerprint density at radius 3 is 2.88 bits per heavy atom. The van der Waals surface area contributed by atoms with Crippen LogP contribution in [0.15, 0.2) is 23.1 Å². The quantitative estimate of drug-likeness (QED) is 0.647. The summed E-state index contributed by atoms with van der Waals surface area (Å²) in [5, 5.41) is 22.9. The van der Waals surface area contributed by atoms with Crippen LogP contribution in [0, 0.1) is 11.3 Å². The van der Waals surface area contributed by atoms with Gasteiger partial charge in [-0.3, -0.25) is 14.7 Å². The van der Waals surface area contributed by atoms with Crippen molar-refractivity contribution < 1.29 is 4.79 Å². The second-order valence-corrected chi connectivity index (χ2v) is 3.03. The van der Waals surface area contributed by atoms with Crippen molar-refractivity contribution in [1.29, 1.82) is 5.26 Å². The van der Waals surface area contributed by atoms with Crippen LogP contribution < -0.4 is 10.9 Å². The number of carbonyl (C=O) groups excluding carboxylic acids is 1. The monoisotopic (exact) mass is 230 g/mol. The minimum atomic E-state index is -0.554. The first-order valence-electron chi connectivity index (χ1n) is 4.51. The van der Waals surface area contributed by atoms with Crippen LogP contribution in [0.5, 0.6) is 0 Å². The molecule has 0 aliphatic carbocycles. The Bertz CT molecular complexity index is 629. The Hall–Kier alpha value is -2.95. The molecule has 0 aliphatic rings. The van der Waals surface area contributed by atoms with Gasteiger partial charge in [-0.25, -0.2) is 5.10 Å². The number of rotatable bonds is 2. The number of anilines is 1. The van der Waals surface area contributed by atoms with Crippen LogP contribution in [0.2, 0.25) is 0 Å². The van der Waals surface area contributed by atoms with E-state index >= 15 is 0 Å². The fourth-order valence-corrected chi connectivity index (χ4v) is 1.11. The van der Waals surface area contributed by atoms with E-state index in [-0.39, 0.29) is 17.1 Å². The van der Waals surface area contributed by atoms with Crippen molar-refractivity contribution in [3.05, 3.63) is 39.9 Å². The van der Waals surface area contributed by atoms with Gasteiger partial charge in [0.05, 0.1) is 6.20 Å². The van der Waals surface area contributed by atoms with Crippen LogP contribution in [0.1, 0.15) is 16.1 Å². The zero-order valence-electron chi connectivity index (χ0n) is 8.39. The van der Waals surface area contributed by atoms with Crippen LogP contribution in [-0.2, 0) is 0 Å². The van der Waals surface area contributed by atoms with Crippen LogP contribution in [-0.4, -0.2) is 26.3 Å². The molecule has 0 fully saturated rings. The van der Waals surface area contributed by atoms with Gasteiger partial charge in [0, 0.05) is 6.07 Å². The van der Waals surface area contributed by atoms with Gasteiger partial charge >= 0.3 is 0 Å². The molecule has 8 heteroatoms. The van der Waals surface area contributed by atoms with E-state index in [1.807, 2.05) is 6.07 Å². The van der Waals surface area contributed by atoms with E-state index in [2.05, 4.69) is 25.7 Å². The van der Waals surface area contributed by atoms with Crippen molar-refractivity contribution >= 4 is 11.7 Å². The van der Waals surface area contributed by atoms with Crippen molar-refractivity contribution in [2.24, 2.45) is 0 Å². The molecule has 0 saturated heterocycles. The molecule has 0 aliphatic heterocycles. The lowest BCUT2D eigenvalue weighted by molar-refractivity contribution is 0.102. The zero-order chi connectivity index (χ0) is 12.3. The number of aromatic amines is 2. The van der Waals surface area contributed by atoms with Crippen LogP contribution in [0.3, 0.4) is 0 Å². The molecule has 0 bridgehead atoms. The van der Waals surface area contributed by atoms with Crippen LogP contribution in [0.4, 0.5) is 5.82 Å². The average molecular weight is 230 g/mol. The third-order valence-electron chi connectivity index (χ3n) is 1.91. The molecule has 0 aromatic carbocycles. The molecule has 0 atom stereocenters. The Morgan fingerprint density at radius 2 is 2.24 bits per heavy atom. The highest BCUT2D eigenvalue weighted by molar-refractivity contribution is 6.02. The number of nitrogens with zero attached hydrogens (tertiary/aromatic N) is 3. The van der Waals surface area contributed by atoms with Crippen molar-refractivity contribution in [1.82, 2.24) is 20.4 Å². The fourth-order valence-electron chi connectivity index (χ4n) is 1.11. The Labute approximate surface area is 94.3 Å². The molecule has 1 amide bonds. The Balaban J connectivity index is 2.20. The molecule has 2 heterocycles. The van der Waals surface area contributed by atoms with Crippen LogP contribution in [0.25, 0.3) is 0 Å². The fraction of sp³-hybridized carbons (Fsp3) is 0. The van der Waals surface area contributed by atoms with Gasteiger partial charge in [-0.15, -0.1) is 0 Å². The molecule has 8 nitrogen and oxygen atoms in total. The SMILES string of the molecule is N#Cc1cn[nH]c1NC(=O)c1ccc(=O)[nH]n1. The number of carbonyl (C=O) groups is 1. The first-order chi connectivity index (χ1) is 8.20. The van der Waals surface area contributed by atoms with E-state index in [9.17, 15) is 9.59 Å². The Morgan fingerprint density at radius 1 is 1.41 bits per heavy atom. The van der Waals surface area contributed by atoms with Crippen molar-refractivity contribution in [3.8, 4) is 6.07 Å². The summed E-state index contributed by atoms with van der Waals surface area (Å²) in [6.07, 6.45) is 1.29. The predicted octanol–water partition coefficient (Wildman–Crippen LogP) is -0.383. The van der Waals surface area contributed by atoms with E-state index in [1.54, 1.807) is 0 Å². The van der Waals surface area contributed by atoms with Gasteiger partial charge < -0.3 is 5.32 Å². The number of amides is 1. The summed E-state index contributed by atoms with van der Waals surface area (Å²) < 4.78 is 0. The van der Waals surface area contributed by atoms with Crippen molar-refractivity contribution in [3.63, 3.8) is 0 Å². The summed E-state index contributed by atoms with van der Waals surface area (Å²) in [5.74, 6) is -0.368. The maximum absolute atomic E-state index is 11.6. The number of hydrogen-bond acceptors (Lipinski definition) is 5. The molecule has 2 aromatic rings. The molecule has 17 heavy (non-hydrogen) atoms. The number of nitriles is 1. The van der Waals surface area contributed by atoms with E-state index < -0.39 is 11.5 Å². The highest BCUT2D eigenvalue weighted by Crippen LogP contribution is 2.09. The maximum Gasteiger partial charge on any atom is 0.277 e.